The molecule has 1 heterocycles. The molecular formula is C11H16N2O3S. The number of ether oxygens (including phenoxy) is 1. The van der Waals surface area contributed by atoms with E-state index in [0.29, 0.717) is 11.6 Å². The molecular weight excluding hydrogens is 240 g/mol. The summed E-state index contributed by atoms with van der Waals surface area (Å²) in [5, 5.41) is 0. The van der Waals surface area contributed by atoms with Crippen LogP contribution in [0.5, 0.6) is 5.75 Å². The molecule has 1 aromatic heterocycles. The van der Waals surface area contributed by atoms with E-state index in [1.165, 1.54) is 0 Å². The Kier molecular flexibility index (Phi) is 3.24. The van der Waals surface area contributed by atoms with Gasteiger partial charge in [-0.05, 0) is 31.4 Å². The molecule has 0 unspecified atom stereocenters. The molecule has 0 atom stereocenters. The lowest BCUT2D eigenvalue weighted by Gasteiger charge is -2.11. The molecule has 0 bridgehead atoms. The van der Waals surface area contributed by atoms with Crippen molar-refractivity contribution in [2.45, 2.75) is 32.3 Å². The van der Waals surface area contributed by atoms with E-state index in [4.69, 9.17) is 4.74 Å². The number of rotatable bonds is 5. The SMILES string of the molecule is CCc1ccc(OC2CC2)c(NS(C)(=O)=O)n1. The minimum Gasteiger partial charge on any atom is -0.487 e. The summed E-state index contributed by atoms with van der Waals surface area (Å²) in [7, 11) is -3.33. The summed E-state index contributed by atoms with van der Waals surface area (Å²) >= 11 is 0. The van der Waals surface area contributed by atoms with Crippen molar-refractivity contribution < 1.29 is 13.2 Å². The molecule has 0 aromatic carbocycles. The number of aromatic nitrogens is 1. The fraction of sp³-hybridized carbons (Fsp3) is 0.545. The van der Waals surface area contributed by atoms with Crippen LogP contribution in [0.15, 0.2) is 12.1 Å². The monoisotopic (exact) mass is 256 g/mol. The quantitative estimate of drug-likeness (QED) is 0.868. The zero-order valence-corrected chi connectivity index (χ0v) is 10.8. The Hall–Kier alpha value is -1.30. The fourth-order valence-corrected chi connectivity index (χ4v) is 1.89. The van der Waals surface area contributed by atoms with Crippen LogP contribution < -0.4 is 9.46 Å². The molecule has 6 heteroatoms. The lowest BCUT2D eigenvalue weighted by Crippen LogP contribution is -2.13. The van der Waals surface area contributed by atoms with Crippen LogP contribution in [0, 0.1) is 0 Å². The molecule has 0 amide bonds. The standard InChI is InChI=1S/C11H16N2O3S/c1-3-8-4-7-10(16-9-5-6-9)11(12-8)13-17(2,14)15/h4,7,9H,3,5-6H2,1-2H3,(H,12,13). The first-order valence-electron chi connectivity index (χ1n) is 5.62. The molecule has 2 rings (SSSR count). The summed E-state index contributed by atoms with van der Waals surface area (Å²) in [4.78, 5) is 4.24. The van der Waals surface area contributed by atoms with Gasteiger partial charge in [0.05, 0.1) is 12.4 Å². The third-order valence-electron chi connectivity index (χ3n) is 2.38. The third-order valence-corrected chi connectivity index (χ3v) is 2.94. The molecule has 0 spiro atoms. The van der Waals surface area contributed by atoms with Gasteiger partial charge in [0.15, 0.2) is 11.6 Å². The molecule has 1 aromatic rings. The van der Waals surface area contributed by atoms with Crippen LogP contribution in [0.4, 0.5) is 5.82 Å². The van der Waals surface area contributed by atoms with Crippen LogP contribution in [-0.4, -0.2) is 25.8 Å². The van der Waals surface area contributed by atoms with Crippen molar-refractivity contribution >= 4 is 15.8 Å². The number of aryl methyl sites for hydroxylation is 1. The van der Waals surface area contributed by atoms with Crippen LogP contribution in [0.1, 0.15) is 25.5 Å². The first-order valence-corrected chi connectivity index (χ1v) is 7.51. The molecule has 1 fully saturated rings. The van der Waals surface area contributed by atoms with Gasteiger partial charge in [-0.3, -0.25) is 4.72 Å². The van der Waals surface area contributed by atoms with Gasteiger partial charge >= 0.3 is 0 Å². The van der Waals surface area contributed by atoms with E-state index >= 15 is 0 Å². The smallest absolute Gasteiger partial charge is 0.231 e. The maximum Gasteiger partial charge on any atom is 0.231 e. The summed E-state index contributed by atoms with van der Waals surface area (Å²) < 4.78 is 30.5. The van der Waals surface area contributed by atoms with E-state index < -0.39 is 10.0 Å². The van der Waals surface area contributed by atoms with Crippen LogP contribution in [-0.2, 0) is 16.4 Å². The van der Waals surface area contributed by atoms with Crippen molar-refractivity contribution in [3.8, 4) is 5.75 Å². The molecule has 5 nitrogen and oxygen atoms in total. The number of hydrogen-bond donors (Lipinski definition) is 1. The number of nitrogens with zero attached hydrogens (tertiary/aromatic N) is 1. The summed E-state index contributed by atoms with van der Waals surface area (Å²) in [5.41, 5.74) is 0.833. The lowest BCUT2D eigenvalue weighted by atomic mass is 10.3. The zero-order valence-electron chi connectivity index (χ0n) is 9.93. The predicted octanol–water partition coefficient (Wildman–Crippen LogP) is 1.56. The number of sulfonamides is 1. The van der Waals surface area contributed by atoms with Gasteiger partial charge in [0.2, 0.25) is 10.0 Å². The Morgan fingerprint density at radius 1 is 1.47 bits per heavy atom. The van der Waals surface area contributed by atoms with Crippen LogP contribution in [0.25, 0.3) is 0 Å². The topological polar surface area (TPSA) is 68.3 Å². The van der Waals surface area contributed by atoms with Crippen LogP contribution >= 0.6 is 0 Å². The minimum atomic E-state index is -3.33. The molecule has 0 aliphatic heterocycles. The number of hydrogen-bond acceptors (Lipinski definition) is 4. The summed E-state index contributed by atoms with van der Waals surface area (Å²) in [6, 6.07) is 3.63. The van der Waals surface area contributed by atoms with Gasteiger partial charge < -0.3 is 4.74 Å². The van der Waals surface area contributed by atoms with Crippen LogP contribution in [0.2, 0.25) is 0 Å². The minimum absolute atomic E-state index is 0.212. The number of anilines is 1. The largest absolute Gasteiger partial charge is 0.487 e. The highest BCUT2D eigenvalue weighted by Crippen LogP contribution is 2.31. The Labute approximate surface area is 101 Å². The molecule has 1 aliphatic rings. The van der Waals surface area contributed by atoms with Gasteiger partial charge in [0.25, 0.3) is 0 Å². The van der Waals surface area contributed by atoms with E-state index in [2.05, 4.69) is 9.71 Å². The van der Waals surface area contributed by atoms with Gasteiger partial charge in [-0.25, -0.2) is 13.4 Å². The molecule has 1 N–H and O–H groups in total. The molecule has 1 saturated carbocycles. The van der Waals surface area contributed by atoms with E-state index in [0.717, 1.165) is 31.2 Å². The van der Waals surface area contributed by atoms with Crippen molar-refractivity contribution in [3.05, 3.63) is 17.8 Å². The summed E-state index contributed by atoms with van der Waals surface area (Å²) in [5.74, 6) is 0.800. The fourth-order valence-electron chi connectivity index (χ4n) is 1.39. The van der Waals surface area contributed by atoms with E-state index in [1.807, 2.05) is 13.0 Å². The summed E-state index contributed by atoms with van der Waals surface area (Å²) in [6.45, 7) is 1.97. The van der Waals surface area contributed by atoms with Crippen molar-refractivity contribution in [1.82, 2.24) is 4.98 Å². The van der Waals surface area contributed by atoms with E-state index in [-0.39, 0.29) is 6.10 Å². The summed E-state index contributed by atoms with van der Waals surface area (Å²) in [6.07, 6.45) is 4.11. The average Bonchev–Trinajstić information content (AvgIpc) is 3.02. The second-order valence-electron chi connectivity index (χ2n) is 4.19. The normalized spacial score (nSPS) is 15.6. The van der Waals surface area contributed by atoms with Gasteiger partial charge in [-0.15, -0.1) is 0 Å². The molecule has 0 radical (unpaired) electrons. The highest BCUT2D eigenvalue weighted by Gasteiger charge is 2.25. The Bertz CT molecular complexity index is 509. The highest BCUT2D eigenvalue weighted by molar-refractivity contribution is 7.92. The van der Waals surface area contributed by atoms with E-state index in [9.17, 15) is 8.42 Å². The van der Waals surface area contributed by atoms with Gasteiger partial charge in [-0.2, -0.15) is 0 Å². The number of pyridine rings is 1. The van der Waals surface area contributed by atoms with Gasteiger partial charge in [0, 0.05) is 5.69 Å². The Balaban J connectivity index is 2.28. The van der Waals surface area contributed by atoms with Crippen molar-refractivity contribution in [2.24, 2.45) is 0 Å². The van der Waals surface area contributed by atoms with Crippen molar-refractivity contribution in [3.63, 3.8) is 0 Å². The van der Waals surface area contributed by atoms with Crippen molar-refractivity contribution in [1.29, 1.82) is 0 Å². The van der Waals surface area contributed by atoms with Gasteiger partial charge in [-0.1, -0.05) is 6.92 Å². The second kappa shape index (κ2) is 4.52. The van der Waals surface area contributed by atoms with Crippen molar-refractivity contribution in [2.75, 3.05) is 11.0 Å². The van der Waals surface area contributed by atoms with E-state index in [1.54, 1.807) is 6.07 Å². The van der Waals surface area contributed by atoms with Gasteiger partial charge in [0.1, 0.15) is 0 Å². The first kappa shape index (κ1) is 12.2. The number of nitrogens with one attached hydrogen (secondary N) is 1. The predicted molar refractivity (Wildman–Crippen MR) is 65.7 cm³/mol. The molecule has 17 heavy (non-hydrogen) atoms. The highest BCUT2D eigenvalue weighted by atomic mass is 32.2. The third kappa shape index (κ3) is 3.59. The first-order chi connectivity index (χ1) is 7.98. The maximum atomic E-state index is 11.2. The Morgan fingerprint density at radius 3 is 2.71 bits per heavy atom. The maximum absolute atomic E-state index is 11.2. The Morgan fingerprint density at radius 2 is 2.18 bits per heavy atom. The molecule has 0 saturated heterocycles. The molecule has 1 aliphatic carbocycles. The van der Waals surface area contributed by atoms with Crippen LogP contribution in [0.3, 0.4) is 0 Å². The second-order valence-corrected chi connectivity index (χ2v) is 5.94. The molecule has 94 valence electrons. The average molecular weight is 256 g/mol. The lowest BCUT2D eigenvalue weighted by molar-refractivity contribution is 0.303. The zero-order chi connectivity index (χ0) is 12.5.